The van der Waals surface area contributed by atoms with Crippen LogP contribution in [-0.2, 0) is 4.74 Å². The van der Waals surface area contributed by atoms with E-state index in [2.05, 4.69) is 11.2 Å². The van der Waals surface area contributed by atoms with Crippen molar-refractivity contribution in [2.24, 2.45) is 5.92 Å². The molecule has 1 N–H and O–H groups in total. The molecule has 0 bridgehead atoms. The molecule has 1 fully saturated rings. The van der Waals surface area contributed by atoms with Gasteiger partial charge in [-0.05, 0) is 18.9 Å². The summed E-state index contributed by atoms with van der Waals surface area (Å²) in [6, 6.07) is 0.486. The van der Waals surface area contributed by atoms with Crippen molar-refractivity contribution in [1.82, 2.24) is 5.32 Å². The van der Waals surface area contributed by atoms with Crippen LogP contribution >= 0.6 is 0 Å². The third-order valence-electron chi connectivity index (χ3n) is 2.21. The molecule has 0 saturated carbocycles. The molecule has 2 heteroatoms. The van der Waals surface area contributed by atoms with Gasteiger partial charge in [-0.15, -0.1) is 12.3 Å². The van der Waals surface area contributed by atoms with Gasteiger partial charge in [0.25, 0.3) is 0 Å². The molecule has 2 unspecified atom stereocenters. The fraction of sp³-hybridized carbons (Fsp3) is 0.778. The smallest absolute Gasteiger partial charge is 0.0506 e. The topological polar surface area (TPSA) is 21.3 Å². The zero-order valence-corrected chi connectivity index (χ0v) is 6.97. The second-order valence-electron chi connectivity index (χ2n) is 2.97. The molecule has 0 aromatic rings. The molecule has 62 valence electrons. The van der Waals surface area contributed by atoms with E-state index in [1.54, 1.807) is 7.11 Å². The zero-order chi connectivity index (χ0) is 8.10. The molecule has 0 spiro atoms. The molecule has 0 aliphatic carbocycles. The molecule has 2 nitrogen and oxygen atoms in total. The molecular formula is C9H15NO. The second kappa shape index (κ2) is 4.38. The summed E-state index contributed by atoms with van der Waals surface area (Å²) in [7, 11) is 1.74. The Labute approximate surface area is 68.3 Å². The van der Waals surface area contributed by atoms with Crippen molar-refractivity contribution >= 4 is 0 Å². The van der Waals surface area contributed by atoms with E-state index in [1.165, 1.54) is 6.42 Å². The Bertz CT molecular complexity index is 150. The van der Waals surface area contributed by atoms with Crippen molar-refractivity contribution in [3.8, 4) is 12.3 Å². The van der Waals surface area contributed by atoms with Gasteiger partial charge in [0.1, 0.15) is 0 Å². The molecule has 0 aromatic carbocycles. The predicted octanol–water partition coefficient (Wildman–Crippen LogP) is 0.634. The minimum Gasteiger partial charge on any atom is -0.384 e. The summed E-state index contributed by atoms with van der Waals surface area (Å²) >= 11 is 0. The minimum atomic E-state index is 0.486. The monoisotopic (exact) mass is 153 g/mol. The highest BCUT2D eigenvalue weighted by Gasteiger charge is 2.25. The lowest BCUT2D eigenvalue weighted by atomic mass is 10.00. The third-order valence-corrected chi connectivity index (χ3v) is 2.21. The van der Waals surface area contributed by atoms with Crippen LogP contribution in [0.1, 0.15) is 12.8 Å². The van der Waals surface area contributed by atoms with E-state index in [-0.39, 0.29) is 0 Å². The molecule has 0 amide bonds. The molecule has 0 radical (unpaired) electrons. The Morgan fingerprint density at radius 3 is 3.18 bits per heavy atom. The first-order valence-electron chi connectivity index (χ1n) is 4.04. The maximum Gasteiger partial charge on any atom is 0.0506 e. The van der Waals surface area contributed by atoms with E-state index < -0.39 is 0 Å². The zero-order valence-electron chi connectivity index (χ0n) is 6.97. The summed E-state index contributed by atoms with van der Waals surface area (Å²) in [5.41, 5.74) is 0. The molecule has 0 aromatic heterocycles. The number of hydrogen-bond acceptors (Lipinski definition) is 2. The lowest BCUT2D eigenvalue weighted by molar-refractivity contribution is 0.146. The van der Waals surface area contributed by atoms with Gasteiger partial charge in [-0.1, -0.05) is 0 Å². The molecule has 2 atom stereocenters. The highest BCUT2D eigenvalue weighted by Crippen LogP contribution is 2.17. The van der Waals surface area contributed by atoms with Gasteiger partial charge in [-0.25, -0.2) is 0 Å². The van der Waals surface area contributed by atoms with E-state index in [0.29, 0.717) is 12.0 Å². The molecule has 1 rings (SSSR count). The fourth-order valence-electron chi connectivity index (χ4n) is 1.60. The number of hydrogen-bond donors (Lipinski definition) is 1. The number of methoxy groups -OCH3 is 1. The van der Waals surface area contributed by atoms with Gasteiger partial charge in [0.2, 0.25) is 0 Å². The Morgan fingerprint density at radius 1 is 1.73 bits per heavy atom. The SMILES string of the molecule is C#CCC1NCCC1COC. The number of rotatable bonds is 3. The Kier molecular flexibility index (Phi) is 3.41. The quantitative estimate of drug-likeness (QED) is 0.601. The van der Waals surface area contributed by atoms with E-state index in [1.807, 2.05) is 0 Å². The average molecular weight is 153 g/mol. The second-order valence-corrected chi connectivity index (χ2v) is 2.97. The molecular weight excluding hydrogens is 138 g/mol. The maximum atomic E-state index is 5.24. The van der Waals surface area contributed by atoms with E-state index >= 15 is 0 Å². The van der Waals surface area contributed by atoms with Gasteiger partial charge in [0.05, 0.1) is 6.61 Å². The number of ether oxygens (including phenoxy) is 1. The van der Waals surface area contributed by atoms with Crippen LogP contribution < -0.4 is 5.32 Å². The average Bonchev–Trinajstić information content (AvgIpc) is 2.39. The van der Waals surface area contributed by atoms with Gasteiger partial charge in [-0.2, -0.15) is 0 Å². The highest BCUT2D eigenvalue weighted by molar-refractivity contribution is 4.95. The molecule has 1 aliphatic heterocycles. The van der Waals surface area contributed by atoms with Crippen molar-refractivity contribution in [2.75, 3.05) is 20.3 Å². The molecule has 11 heavy (non-hydrogen) atoms. The largest absolute Gasteiger partial charge is 0.384 e. The van der Waals surface area contributed by atoms with Crippen LogP contribution in [0, 0.1) is 18.3 Å². The summed E-state index contributed by atoms with van der Waals surface area (Å²) in [4.78, 5) is 0. The van der Waals surface area contributed by atoms with Gasteiger partial charge < -0.3 is 10.1 Å². The van der Waals surface area contributed by atoms with Crippen molar-refractivity contribution in [1.29, 1.82) is 0 Å². The van der Waals surface area contributed by atoms with Gasteiger partial charge >= 0.3 is 0 Å². The third kappa shape index (κ3) is 2.21. The molecule has 1 heterocycles. The molecule has 1 aliphatic rings. The van der Waals surface area contributed by atoms with Crippen molar-refractivity contribution in [3.05, 3.63) is 0 Å². The van der Waals surface area contributed by atoms with E-state index in [4.69, 9.17) is 11.2 Å². The number of nitrogens with one attached hydrogen (secondary N) is 1. The van der Waals surface area contributed by atoms with E-state index in [9.17, 15) is 0 Å². The number of terminal acetylenes is 1. The van der Waals surface area contributed by atoms with Crippen LogP contribution in [-0.4, -0.2) is 26.3 Å². The normalized spacial score (nSPS) is 30.2. The lowest BCUT2D eigenvalue weighted by Crippen LogP contribution is -2.28. The summed E-state index contributed by atoms with van der Waals surface area (Å²) in [5.74, 6) is 3.30. The summed E-state index contributed by atoms with van der Waals surface area (Å²) in [6.45, 7) is 1.92. The lowest BCUT2D eigenvalue weighted by Gasteiger charge is -2.15. The maximum absolute atomic E-state index is 5.24. The van der Waals surface area contributed by atoms with Crippen LogP contribution in [0.15, 0.2) is 0 Å². The standard InChI is InChI=1S/C9H15NO/c1-3-4-9-8(7-11-2)5-6-10-9/h1,8-10H,4-7H2,2H3. The Morgan fingerprint density at radius 2 is 2.55 bits per heavy atom. The van der Waals surface area contributed by atoms with Crippen molar-refractivity contribution in [2.45, 2.75) is 18.9 Å². The van der Waals surface area contributed by atoms with E-state index in [0.717, 1.165) is 19.6 Å². The fourth-order valence-corrected chi connectivity index (χ4v) is 1.60. The minimum absolute atomic E-state index is 0.486. The summed E-state index contributed by atoms with van der Waals surface area (Å²) < 4.78 is 5.09. The van der Waals surface area contributed by atoms with Crippen LogP contribution in [0.25, 0.3) is 0 Å². The summed E-state index contributed by atoms with van der Waals surface area (Å²) in [6.07, 6.45) is 7.26. The van der Waals surface area contributed by atoms with Crippen LogP contribution in [0.4, 0.5) is 0 Å². The summed E-state index contributed by atoms with van der Waals surface area (Å²) in [5, 5.41) is 3.37. The van der Waals surface area contributed by atoms with Crippen LogP contribution in [0.5, 0.6) is 0 Å². The first-order chi connectivity index (χ1) is 5.38. The first kappa shape index (κ1) is 8.58. The van der Waals surface area contributed by atoms with Gasteiger partial charge in [0.15, 0.2) is 0 Å². The van der Waals surface area contributed by atoms with Gasteiger partial charge in [-0.3, -0.25) is 0 Å². The first-order valence-corrected chi connectivity index (χ1v) is 4.04. The van der Waals surface area contributed by atoms with Crippen LogP contribution in [0.3, 0.4) is 0 Å². The van der Waals surface area contributed by atoms with Gasteiger partial charge in [0, 0.05) is 19.6 Å². The van der Waals surface area contributed by atoms with Crippen LogP contribution in [0.2, 0.25) is 0 Å². The Hall–Kier alpha value is -0.520. The molecule has 1 saturated heterocycles. The predicted molar refractivity (Wildman–Crippen MR) is 45.2 cm³/mol. The van der Waals surface area contributed by atoms with Crippen molar-refractivity contribution < 1.29 is 4.74 Å². The Balaban J connectivity index is 2.32. The van der Waals surface area contributed by atoms with Crippen molar-refractivity contribution in [3.63, 3.8) is 0 Å². The highest BCUT2D eigenvalue weighted by atomic mass is 16.5.